The first-order valence-electron chi connectivity index (χ1n) is 12.5. The lowest BCUT2D eigenvalue weighted by molar-refractivity contribution is -0.121. The standard InChI is InChI=1S/C29H31N5O2/c1-21(2)22-10-12-24(13-11-22)31-27(35)23-14-18-33(19-15-23)29(36)26-20-30-34(25-8-4-3-5-9-25)28(26)32-16-6-7-17-32/h3-13,16-17,20-21,23H,14-15,18-19H2,1-2H3,(H,31,35). The number of hydrogen-bond donors (Lipinski definition) is 1. The van der Waals surface area contributed by atoms with Gasteiger partial charge in [0.05, 0.1) is 11.9 Å². The van der Waals surface area contributed by atoms with Crippen LogP contribution in [0.1, 0.15) is 48.5 Å². The van der Waals surface area contributed by atoms with Crippen LogP contribution in [0, 0.1) is 5.92 Å². The smallest absolute Gasteiger partial charge is 0.259 e. The van der Waals surface area contributed by atoms with Gasteiger partial charge in [-0.1, -0.05) is 44.2 Å². The van der Waals surface area contributed by atoms with Crippen LogP contribution in [-0.4, -0.2) is 44.2 Å². The van der Waals surface area contributed by atoms with Crippen molar-refractivity contribution in [3.05, 3.63) is 96.4 Å². The molecule has 0 saturated carbocycles. The van der Waals surface area contributed by atoms with E-state index in [1.165, 1.54) is 5.56 Å². The molecular weight excluding hydrogens is 450 g/mol. The molecule has 1 aliphatic heterocycles. The van der Waals surface area contributed by atoms with Crippen molar-refractivity contribution in [2.75, 3.05) is 18.4 Å². The zero-order chi connectivity index (χ0) is 25.1. The van der Waals surface area contributed by atoms with E-state index in [2.05, 4.69) is 36.4 Å². The molecule has 7 heteroatoms. The Hall–Kier alpha value is -4.13. The van der Waals surface area contributed by atoms with Gasteiger partial charge in [-0.05, 0) is 60.7 Å². The number of carbonyl (C=O) groups is 2. The highest BCUT2D eigenvalue weighted by Crippen LogP contribution is 2.25. The second-order valence-electron chi connectivity index (χ2n) is 9.55. The lowest BCUT2D eigenvalue weighted by Gasteiger charge is -2.31. The summed E-state index contributed by atoms with van der Waals surface area (Å²) >= 11 is 0. The number of benzene rings is 2. The van der Waals surface area contributed by atoms with Crippen LogP contribution in [0.2, 0.25) is 0 Å². The van der Waals surface area contributed by atoms with Gasteiger partial charge in [-0.15, -0.1) is 0 Å². The zero-order valence-corrected chi connectivity index (χ0v) is 20.7. The van der Waals surface area contributed by atoms with Gasteiger partial charge in [0.2, 0.25) is 5.91 Å². The minimum atomic E-state index is -0.116. The number of amides is 2. The Kier molecular flexibility index (Phi) is 6.71. The first-order chi connectivity index (χ1) is 17.5. The van der Waals surface area contributed by atoms with Crippen molar-refractivity contribution in [2.24, 2.45) is 5.92 Å². The van der Waals surface area contributed by atoms with E-state index < -0.39 is 0 Å². The van der Waals surface area contributed by atoms with Gasteiger partial charge in [0.1, 0.15) is 5.56 Å². The number of aromatic nitrogens is 3. The van der Waals surface area contributed by atoms with Gasteiger partial charge in [-0.2, -0.15) is 5.10 Å². The minimum absolute atomic E-state index is 0.0179. The number of likely N-dealkylation sites (tertiary alicyclic amines) is 1. The molecule has 36 heavy (non-hydrogen) atoms. The molecule has 2 aromatic carbocycles. The summed E-state index contributed by atoms with van der Waals surface area (Å²) in [5.41, 5.74) is 3.49. The number of nitrogens with zero attached hydrogens (tertiary/aromatic N) is 4. The number of hydrogen-bond acceptors (Lipinski definition) is 3. The molecule has 3 heterocycles. The number of carbonyl (C=O) groups excluding carboxylic acids is 2. The third kappa shape index (κ3) is 4.82. The predicted octanol–water partition coefficient (Wildman–Crippen LogP) is 5.28. The molecule has 0 unspecified atom stereocenters. The van der Waals surface area contributed by atoms with E-state index in [1.807, 2.05) is 76.5 Å². The molecule has 0 radical (unpaired) electrons. The molecule has 1 fully saturated rings. The second kappa shape index (κ2) is 10.2. The average Bonchev–Trinajstić information content (AvgIpc) is 3.59. The molecule has 1 N–H and O–H groups in total. The van der Waals surface area contributed by atoms with Crippen molar-refractivity contribution in [1.29, 1.82) is 0 Å². The number of rotatable bonds is 6. The van der Waals surface area contributed by atoms with Crippen LogP contribution < -0.4 is 5.32 Å². The fourth-order valence-corrected chi connectivity index (χ4v) is 4.69. The molecule has 0 atom stereocenters. The van der Waals surface area contributed by atoms with Crippen LogP contribution in [0.25, 0.3) is 11.5 Å². The highest BCUT2D eigenvalue weighted by Gasteiger charge is 2.30. The van der Waals surface area contributed by atoms with Crippen LogP contribution in [0.4, 0.5) is 5.69 Å². The van der Waals surface area contributed by atoms with Crippen molar-refractivity contribution in [3.63, 3.8) is 0 Å². The molecule has 4 aromatic rings. The summed E-state index contributed by atoms with van der Waals surface area (Å²) in [6, 6.07) is 21.7. The maximum absolute atomic E-state index is 13.6. The van der Waals surface area contributed by atoms with Crippen molar-refractivity contribution in [1.82, 2.24) is 19.2 Å². The molecule has 1 saturated heterocycles. The number of piperidine rings is 1. The van der Waals surface area contributed by atoms with Crippen molar-refractivity contribution >= 4 is 17.5 Å². The number of nitrogens with one attached hydrogen (secondary N) is 1. The Labute approximate surface area is 211 Å². The van der Waals surface area contributed by atoms with Crippen LogP contribution in [0.3, 0.4) is 0 Å². The van der Waals surface area contributed by atoms with Crippen LogP contribution in [0.15, 0.2) is 85.3 Å². The van der Waals surface area contributed by atoms with Gasteiger partial charge in [0, 0.05) is 37.1 Å². The van der Waals surface area contributed by atoms with Crippen LogP contribution in [-0.2, 0) is 4.79 Å². The van der Waals surface area contributed by atoms with Crippen molar-refractivity contribution in [2.45, 2.75) is 32.6 Å². The number of para-hydroxylation sites is 1. The third-order valence-electron chi connectivity index (χ3n) is 6.82. The summed E-state index contributed by atoms with van der Waals surface area (Å²) in [4.78, 5) is 28.3. The zero-order valence-electron chi connectivity index (χ0n) is 20.7. The summed E-state index contributed by atoms with van der Waals surface area (Å²) in [7, 11) is 0. The fraction of sp³-hybridized carbons (Fsp3) is 0.276. The van der Waals surface area contributed by atoms with E-state index in [-0.39, 0.29) is 17.7 Å². The molecule has 184 valence electrons. The van der Waals surface area contributed by atoms with Gasteiger partial charge in [0.25, 0.3) is 5.91 Å². The summed E-state index contributed by atoms with van der Waals surface area (Å²) in [6.07, 6.45) is 6.74. The fourth-order valence-electron chi connectivity index (χ4n) is 4.69. The summed E-state index contributed by atoms with van der Waals surface area (Å²) in [6.45, 7) is 5.36. The highest BCUT2D eigenvalue weighted by molar-refractivity contribution is 5.98. The molecule has 2 amide bonds. The topological polar surface area (TPSA) is 72.2 Å². The molecule has 5 rings (SSSR count). The van der Waals surface area contributed by atoms with Crippen LogP contribution in [0.5, 0.6) is 0 Å². The van der Waals surface area contributed by atoms with Crippen molar-refractivity contribution in [3.8, 4) is 11.5 Å². The first kappa shape index (κ1) is 23.6. The quantitative estimate of drug-likeness (QED) is 0.407. The Morgan fingerprint density at radius 3 is 2.22 bits per heavy atom. The van der Waals surface area contributed by atoms with E-state index in [9.17, 15) is 9.59 Å². The Bertz CT molecular complexity index is 1320. The van der Waals surface area contributed by atoms with Gasteiger partial charge in [-0.3, -0.25) is 9.59 Å². The average molecular weight is 482 g/mol. The Morgan fingerprint density at radius 2 is 1.58 bits per heavy atom. The SMILES string of the molecule is CC(C)c1ccc(NC(=O)C2CCN(C(=O)c3cnn(-c4ccccc4)c3-n3cccc3)CC2)cc1. The molecule has 7 nitrogen and oxygen atoms in total. The highest BCUT2D eigenvalue weighted by atomic mass is 16.2. The number of anilines is 1. The third-order valence-corrected chi connectivity index (χ3v) is 6.82. The molecule has 0 bridgehead atoms. The molecule has 0 spiro atoms. The van der Waals surface area contributed by atoms with E-state index >= 15 is 0 Å². The van der Waals surface area contributed by atoms with E-state index in [1.54, 1.807) is 10.9 Å². The Morgan fingerprint density at radius 1 is 0.917 bits per heavy atom. The largest absolute Gasteiger partial charge is 0.338 e. The molecule has 2 aromatic heterocycles. The van der Waals surface area contributed by atoms with E-state index in [0.29, 0.717) is 43.2 Å². The van der Waals surface area contributed by atoms with Crippen LogP contribution >= 0.6 is 0 Å². The van der Waals surface area contributed by atoms with E-state index in [4.69, 9.17) is 0 Å². The second-order valence-corrected chi connectivity index (χ2v) is 9.55. The van der Waals surface area contributed by atoms with E-state index in [0.717, 1.165) is 11.4 Å². The maximum Gasteiger partial charge on any atom is 0.259 e. The minimum Gasteiger partial charge on any atom is -0.338 e. The lowest BCUT2D eigenvalue weighted by atomic mass is 9.95. The lowest BCUT2D eigenvalue weighted by Crippen LogP contribution is -2.41. The maximum atomic E-state index is 13.6. The normalized spacial score (nSPS) is 14.2. The van der Waals surface area contributed by atoms with Gasteiger partial charge < -0.3 is 14.8 Å². The summed E-state index contributed by atoms with van der Waals surface area (Å²) in [5.74, 6) is 0.999. The summed E-state index contributed by atoms with van der Waals surface area (Å²) in [5, 5.41) is 7.59. The van der Waals surface area contributed by atoms with Gasteiger partial charge in [-0.25, -0.2) is 4.68 Å². The van der Waals surface area contributed by atoms with Gasteiger partial charge >= 0.3 is 0 Å². The van der Waals surface area contributed by atoms with Crippen molar-refractivity contribution < 1.29 is 9.59 Å². The molecule has 1 aliphatic rings. The first-order valence-corrected chi connectivity index (χ1v) is 12.5. The Balaban J connectivity index is 1.27. The molecular formula is C29H31N5O2. The monoisotopic (exact) mass is 481 g/mol. The van der Waals surface area contributed by atoms with Gasteiger partial charge in [0.15, 0.2) is 5.82 Å². The molecule has 0 aliphatic carbocycles. The summed E-state index contributed by atoms with van der Waals surface area (Å²) < 4.78 is 3.70. The predicted molar refractivity (Wildman–Crippen MR) is 141 cm³/mol.